The smallest absolute Gasteiger partial charge is 0.0466 e. The van der Waals surface area contributed by atoms with Gasteiger partial charge in [-0.25, -0.2) is 0 Å². The third-order valence-electron chi connectivity index (χ3n) is 3.53. The van der Waals surface area contributed by atoms with Crippen LogP contribution >= 0.6 is 15.9 Å². The van der Waals surface area contributed by atoms with E-state index in [9.17, 15) is 0 Å². The summed E-state index contributed by atoms with van der Waals surface area (Å²) in [5.74, 6) is 0. The van der Waals surface area contributed by atoms with Crippen molar-refractivity contribution in [3.8, 4) is 0 Å². The molecule has 1 N–H and O–H groups in total. The van der Waals surface area contributed by atoms with Gasteiger partial charge in [0, 0.05) is 36.2 Å². The summed E-state index contributed by atoms with van der Waals surface area (Å²) in [4.78, 5) is 0. The average molecular weight is 298 g/mol. The first-order chi connectivity index (χ1) is 8.27. The third-order valence-corrected chi connectivity index (χ3v) is 4.06. The van der Waals surface area contributed by atoms with Crippen LogP contribution in [0.1, 0.15) is 25.3 Å². The molecule has 94 valence electrons. The van der Waals surface area contributed by atoms with E-state index in [1.807, 2.05) is 0 Å². The van der Waals surface area contributed by atoms with E-state index in [4.69, 9.17) is 4.74 Å². The van der Waals surface area contributed by atoms with E-state index in [1.165, 1.54) is 12.0 Å². The second kappa shape index (κ2) is 5.98. The molecule has 1 aliphatic heterocycles. The standard InChI is InChI=1S/C14H20BrNO/c1-2-17-9-3-8-14(10-16-11-14)12-4-6-13(15)7-5-12/h4-7,16H,2-3,8-11H2,1H3. The largest absolute Gasteiger partial charge is 0.382 e. The Bertz CT molecular complexity index is 346. The molecule has 2 nitrogen and oxygen atoms in total. The lowest BCUT2D eigenvalue weighted by atomic mass is 9.72. The van der Waals surface area contributed by atoms with Crippen LogP contribution in [0.2, 0.25) is 0 Å². The fraction of sp³-hybridized carbons (Fsp3) is 0.571. The van der Waals surface area contributed by atoms with Crippen molar-refractivity contribution < 1.29 is 4.74 Å². The number of benzene rings is 1. The summed E-state index contributed by atoms with van der Waals surface area (Å²) in [6.45, 7) is 5.95. The van der Waals surface area contributed by atoms with Gasteiger partial charge in [-0.05, 0) is 37.5 Å². The monoisotopic (exact) mass is 297 g/mol. The van der Waals surface area contributed by atoms with Crippen molar-refractivity contribution in [2.24, 2.45) is 0 Å². The quantitative estimate of drug-likeness (QED) is 0.815. The predicted octanol–water partition coefficient (Wildman–Crippen LogP) is 3.11. The molecule has 1 aliphatic rings. The Morgan fingerprint density at radius 1 is 1.29 bits per heavy atom. The predicted molar refractivity (Wildman–Crippen MR) is 74.4 cm³/mol. The lowest BCUT2D eigenvalue weighted by Crippen LogP contribution is -2.56. The fourth-order valence-corrected chi connectivity index (χ4v) is 2.68. The van der Waals surface area contributed by atoms with Gasteiger partial charge in [0.05, 0.1) is 0 Å². The van der Waals surface area contributed by atoms with Crippen LogP contribution in [0.4, 0.5) is 0 Å². The maximum Gasteiger partial charge on any atom is 0.0466 e. The minimum atomic E-state index is 0.345. The molecule has 0 aliphatic carbocycles. The molecule has 3 heteroatoms. The Labute approximate surface area is 112 Å². The molecule has 0 amide bonds. The summed E-state index contributed by atoms with van der Waals surface area (Å²) >= 11 is 3.49. The second-order valence-corrected chi connectivity index (χ2v) is 5.61. The first-order valence-corrected chi connectivity index (χ1v) is 7.11. The topological polar surface area (TPSA) is 21.3 Å². The summed E-state index contributed by atoms with van der Waals surface area (Å²) in [6, 6.07) is 8.76. The third kappa shape index (κ3) is 3.09. The Morgan fingerprint density at radius 3 is 2.53 bits per heavy atom. The molecule has 0 radical (unpaired) electrons. The summed E-state index contributed by atoms with van der Waals surface area (Å²) in [5.41, 5.74) is 1.80. The average Bonchev–Trinajstić information content (AvgIpc) is 2.29. The Morgan fingerprint density at radius 2 is 2.00 bits per heavy atom. The van der Waals surface area contributed by atoms with Crippen LogP contribution in [0.5, 0.6) is 0 Å². The van der Waals surface area contributed by atoms with Crippen molar-refractivity contribution in [3.63, 3.8) is 0 Å². The van der Waals surface area contributed by atoms with E-state index in [0.29, 0.717) is 5.41 Å². The minimum absolute atomic E-state index is 0.345. The van der Waals surface area contributed by atoms with Gasteiger partial charge in [-0.3, -0.25) is 0 Å². The molecule has 0 unspecified atom stereocenters. The van der Waals surface area contributed by atoms with Gasteiger partial charge in [0.2, 0.25) is 0 Å². The second-order valence-electron chi connectivity index (χ2n) is 4.69. The molecule has 1 aromatic carbocycles. The normalized spacial score (nSPS) is 17.8. The Hall–Kier alpha value is -0.380. The van der Waals surface area contributed by atoms with E-state index in [-0.39, 0.29) is 0 Å². The van der Waals surface area contributed by atoms with Crippen molar-refractivity contribution in [2.45, 2.75) is 25.2 Å². The molecular formula is C14H20BrNO. The van der Waals surface area contributed by atoms with Gasteiger partial charge in [-0.1, -0.05) is 28.1 Å². The molecule has 0 spiro atoms. The molecule has 0 saturated carbocycles. The zero-order valence-corrected chi connectivity index (χ0v) is 11.9. The molecule has 1 heterocycles. The van der Waals surface area contributed by atoms with Crippen LogP contribution in [-0.4, -0.2) is 26.3 Å². The van der Waals surface area contributed by atoms with Crippen LogP contribution in [0.3, 0.4) is 0 Å². The highest BCUT2D eigenvalue weighted by Gasteiger charge is 2.37. The van der Waals surface area contributed by atoms with Crippen molar-refractivity contribution in [1.29, 1.82) is 0 Å². The highest BCUT2D eigenvalue weighted by molar-refractivity contribution is 9.10. The summed E-state index contributed by atoms with van der Waals surface area (Å²) < 4.78 is 6.58. The number of nitrogens with one attached hydrogen (secondary N) is 1. The van der Waals surface area contributed by atoms with Crippen LogP contribution in [0.15, 0.2) is 28.7 Å². The van der Waals surface area contributed by atoms with Crippen LogP contribution in [0, 0.1) is 0 Å². The first kappa shape index (κ1) is 13.1. The molecule has 17 heavy (non-hydrogen) atoms. The van der Waals surface area contributed by atoms with E-state index >= 15 is 0 Å². The molecule has 0 atom stereocenters. The Balaban J connectivity index is 1.96. The van der Waals surface area contributed by atoms with Crippen molar-refractivity contribution in [1.82, 2.24) is 5.32 Å². The molecule has 2 rings (SSSR count). The van der Waals surface area contributed by atoms with E-state index < -0.39 is 0 Å². The minimum Gasteiger partial charge on any atom is -0.382 e. The van der Waals surface area contributed by atoms with Gasteiger partial charge in [0.15, 0.2) is 0 Å². The van der Waals surface area contributed by atoms with E-state index in [0.717, 1.165) is 37.2 Å². The number of rotatable bonds is 6. The number of hydrogen-bond donors (Lipinski definition) is 1. The molecule has 1 saturated heterocycles. The molecule has 1 fully saturated rings. The summed E-state index contributed by atoms with van der Waals surface area (Å²) in [7, 11) is 0. The van der Waals surface area contributed by atoms with Gasteiger partial charge in [0.1, 0.15) is 0 Å². The first-order valence-electron chi connectivity index (χ1n) is 6.31. The van der Waals surface area contributed by atoms with Gasteiger partial charge < -0.3 is 10.1 Å². The molecular weight excluding hydrogens is 278 g/mol. The molecule has 0 aromatic heterocycles. The molecule has 1 aromatic rings. The lowest BCUT2D eigenvalue weighted by Gasteiger charge is -2.43. The van der Waals surface area contributed by atoms with Crippen LogP contribution < -0.4 is 5.32 Å². The van der Waals surface area contributed by atoms with Gasteiger partial charge >= 0.3 is 0 Å². The SMILES string of the molecule is CCOCCCC1(c2ccc(Br)cc2)CNC1. The van der Waals surface area contributed by atoms with Gasteiger partial charge in [-0.15, -0.1) is 0 Å². The summed E-state index contributed by atoms with van der Waals surface area (Å²) in [6.07, 6.45) is 2.35. The van der Waals surface area contributed by atoms with E-state index in [2.05, 4.69) is 52.4 Å². The van der Waals surface area contributed by atoms with Crippen LogP contribution in [0.25, 0.3) is 0 Å². The highest BCUT2D eigenvalue weighted by atomic mass is 79.9. The molecule has 0 bridgehead atoms. The fourth-order valence-electron chi connectivity index (χ4n) is 2.41. The van der Waals surface area contributed by atoms with Gasteiger partial charge in [-0.2, -0.15) is 0 Å². The maximum absolute atomic E-state index is 5.42. The lowest BCUT2D eigenvalue weighted by molar-refractivity contribution is 0.129. The highest BCUT2D eigenvalue weighted by Crippen LogP contribution is 2.34. The van der Waals surface area contributed by atoms with Crippen molar-refractivity contribution in [2.75, 3.05) is 26.3 Å². The zero-order valence-electron chi connectivity index (χ0n) is 10.3. The van der Waals surface area contributed by atoms with Crippen molar-refractivity contribution >= 4 is 15.9 Å². The Kier molecular flexibility index (Phi) is 4.60. The zero-order chi connectivity index (χ0) is 12.1. The van der Waals surface area contributed by atoms with Gasteiger partial charge in [0.25, 0.3) is 0 Å². The number of ether oxygens (including phenoxy) is 1. The van der Waals surface area contributed by atoms with Crippen molar-refractivity contribution in [3.05, 3.63) is 34.3 Å². The van der Waals surface area contributed by atoms with E-state index in [1.54, 1.807) is 0 Å². The summed E-state index contributed by atoms with van der Waals surface area (Å²) in [5, 5.41) is 3.40. The number of halogens is 1. The maximum atomic E-state index is 5.42. The number of hydrogen-bond acceptors (Lipinski definition) is 2. The van der Waals surface area contributed by atoms with Crippen LogP contribution in [-0.2, 0) is 10.2 Å².